The van der Waals surface area contributed by atoms with E-state index in [2.05, 4.69) is 15.9 Å². The van der Waals surface area contributed by atoms with Gasteiger partial charge in [0.2, 0.25) is 0 Å². The average Bonchev–Trinajstić information content (AvgIpc) is 2.13. The lowest BCUT2D eigenvalue weighted by Crippen LogP contribution is -2.22. The number of aliphatic hydroxyl groups is 1. The predicted molar refractivity (Wildman–Crippen MR) is 57.6 cm³/mol. The Bertz CT molecular complexity index is 288. The highest BCUT2D eigenvalue weighted by atomic mass is 79.9. The van der Waals surface area contributed by atoms with Crippen molar-refractivity contribution in [2.45, 2.75) is 19.4 Å². The summed E-state index contributed by atoms with van der Waals surface area (Å²) in [5.41, 5.74) is 7.67. The summed E-state index contributed by atoms with van der Waals surface area (Å²) in [5.74, 6) is 0. The molecule has 1 unspecified atom stereocenters. The minimum atomic E-state index is -0.437. The Balaban J connectivity index is 2.83. The van der Waals surface area contributed by atoms with Gasteiger partial charge >= 0.3 is 0 Å². The van der Waals surface area contributed by atoms with Crippen LogP contribution in [0, 0.1) is 6.92 Å². The summed E-state index contributed by atoms with van der Waals surface area (Å²) in [6, 6.07) is 5.97. The van der Waals surface area contributed by atoms with Crippen molar-refractivity contribution in [2.24, 2.45) is 5.73 Å². The van der Waals surface area contributed by atoms with Crippen LogP contribution in [-0.2, 0) is 6.42 Å². The number of rotatable bonds is 3. The lowest BCUT2D eigenvalue weighted by atomic mass is 10.0. The Hall–Kier alpha value is -0.380. The summed E-state index contributed by atoms with van der Waals surface area (Å²) < 4.78 is 1.08. The third-order valence-corrected chi connectivity index (χ3v) is 2.97. The number of benzene rings is 1. The SMILES string of the molecule is Cc1c(Br)cccc1CC(O)CN. The Morgan fingerprint density at radius 3 is 2.85 bits per heavy atom. The Morgan fingerprint density at radius 2 is 2.23 bits per heavy atom. The van der Waals surface area contributed by atoms with Gasteiger partial charge in [0.15, 0.2) is 0 Å². The molecule has 72 valence electrons. The molecular weight excluding hydrogens is 230 g/mol. The molecule has 1 rings (SSSR count). The normalized spacial score (nSPS) is 12.9. The van der Waals surface area contributed by atoms with Gasteiger partial charge in [0.1, 0.15) is 0 Å². The first-order valence-electron chi connectivity index (χ1n) is 4.27. The fourth-order valence-corrected chi connectivity index (χ4v) is 1.62. The molecule has 0 fully saturated rings. The molecule has 0 spiro atoms. The molecular formula is C10H14BrNO. The first-order valence-corrected chi connectivity index (χ1v) is 5.06. The molecule has 0 heterocycles. The summed E-state index contributed by atoms with van der Waals surface area (Å²) in [4.78, 5) is 0. The summed E-state index contributed by atoms with van der Waals surface area (Å²) in [5, 5.41) is 9.39. The van der Waals surface area contributed by atoms with E-state index in [4.69, 9.17) is 5.73 Å². The lowest BCUT2D eigenvalue weighted by Gasteiger charge is -2.11. The zero-order chi connectivity index (χ0) is 9.84. The molecule has 0 saturated carbocycles. The van der Waals surface area contributed by atoms with Crippen LogP contribution in [0.5, 0.6) is 0 Å². The van der Waals surface area contributed by atoms with Gasteiger partial charge in [0, 0.05) is 11.0 Å². The fraction of sp³-hybridized carbons (Fsp3) is 0.400. The highest BCUT2D eigenvalue weighted by molar-refractivity contribution is 9.10. The zero-order valence-electron chi connectivity index (χ0n) is 7.63. The number of hydrogen-bond acceptors (Lipinski definition) is 2. The monoisotopic (exact) mass is 243 g/mol. The summed E-state index contributed by atoms with van der Waals surface area (Å²) >= 11 is 3.44. The van der Waals surface area contributed by atoms with E-state index in [-0.39, 0.29) is 0 Å². The number of nitrogens with two attached hydrogens (primary N) is 1. The molecule has 0 aromatic heterocycles. The molecule has 0 aliphatic rings. The zero-order valence-corrected chi connectivity index (χ0v) is 9.21. The molecule has 0 bridgehead atoms. The van der Waals surface area contributed by atoms with Crippen molar-refractivity contribution in [3.8, 4) is 0 Å². The molecule has 1 atom stereocenters. The van der Waals surface area contributed by atoms with E-state index in [9.17, 15) is 5.11 Å². The van der Waals surface area contributed by atoms with E-state index in [1.807, 2.05) is 25.1 Å². The number of halogens is 1. The second-order valence-corrected chi connectivity index (χ2v) is 3.97. The van der Waals surface area contributed by atoms with Crippen molar-refractivity contribution in [2.75, 3.05) is 6.54 Å². The molecule has 1 aromatic carbocycles. The van der Waals surface area contributed by atoms with Crippen LogP contribution in [0.15, 0.2) is 22.7 Å². The van der Waals surface area contributed by atoms with Crippen molar-refractivity contribution in [1.82, 2.24) is 0 Å². The van der Waals surface area contributed by atoms with Gasteiger partial charge in [-0.2, -0.15) is 0 Å². The van der Waals surface area contributed by atoms with Crippen LogP contribution in [0.3, 0.4) is 0 Å². The molecule has 0 aliphatic carbocycles. The molecule has 0 saturated heterocycles. The molecule has 0 radical (unpaired) electrons. The van der Waals surface area contributed by atoms with E-state index in [0.29, 0.717) is 13.0 Å². The molecule has 1 aromatic rings. The quantitative estimate of drug-likeness (QED) is 0.848. The summed E-state index contributed by atoms with van der Waals surface area (Å²) in [7, 11) is 0. The van der Waals surface area contributed by atoms with Gasteiger partial charge < -0.3 is 10.8 Å². The van der Waals surface area contributed by atoms with E-state index in [0.717, 1.165) is 10.0 Å². The van der Waals surface area contributed by atoms with Crippen LogP contribution in [-0.4, -0.2) is 17.8 Å². The fourth-order valence-electron chi connectivity index (χ4n) is 1.21. The summed E-state index contributed by atoms with van der Waals surface area (Å²) in [6.07, 6.45) is 0.190. The lowest BCUT2D eigenvalue weighted by molar-refractivity contribution is 0.183. The van der Waals surface area contributed by atoms with E-state index >= 15 is 0 Å². The maximum atomic E-state index is 9.39. The first kappa shape index (κ1) is 10.7. The van der Waals surface area contributed by atoms with Crippen molar-refractivity contribution >= 4 is 15.9 Å². The molecule has 0 amide bonds. The third-order valence-electron chi connectivity index (χ3n) is 2.11. The van der Waals surface area contributed by atoms with Gasteiger partial charge in [-0.05, 0) is 30.5 Å². The Kier molecular flexibility index (Phi) is 3.90. The topological polar surface area (TPSA) is 46.2 Å². The number of hydrogen-bond donors (Lipinski definition) is 2. The third kappa shape index (κ3) is 2.79. The van der Waals surface area contributed by atoms with Gasteiger partial charge in [-0.25, -0.2) is 0 Å². The smallest absolute Gasteiger partial charge is 0.0702 e. The standard InChI is InChI=1S/C10H14BrNO/c1-7-8(5-9(13)6-12)3-2-4-10(7)11/h2-4,9,13H,5-6,12H2,1H3. The van der Waals surface area contributed by atoms with Crippen molar-refractivity contribution in [1.29, 1.82) is 0 Å². The van der Waals surface area contributed by atoms with Crippen molar-refractivity contribution < 1.29 is 5.11 Å². The van der Waals surface area contributed by atoms with Gasteiger partial charge in [-0.15, -0.1) is 0 Å². The second-order valence-electron chi connectivity index (χ2n) is 3.12. The molecule has 2 nitrogen and oxygen atoms in total. The van der Waals surface area contributed by atoms with E-state index < -0.39 is 6.10 Å². The van der Waals surface area contributed by atoms with Crippen LogP contribution in [0.25, 0.3) is 0 Å². The molecule has 0 aliphatic heterocycles. The summed E-state index contributed by atoms with van der Waals surface area (Å²) in [6.45, 7) is 2.34. The predicted octanol–water partition coefficient (Wildman–Crippen LogP) is 1.62. The van der Waals surface area contributed by atoms with Crippen LogP contribution in [0.2, 0.25) is 0 Å². The van der Waals surface area contributed by atoms with Crippen LogP contribution >= 0.6 is 15.9 Å². The van der Waals surface area contributed by atoms with Gasteiger partial charge in [0.25, 0.3) is 0 Å². The first-order chi connectivity index (χ1) is 6.15. The second kappa shape index (κ2) is 4.74. The highest BCUT2D eigenvalue weighted by Crippen LogP contribution is 2.20. The van der Waals surface area contributed by atoms with E-state index in [1.165, 1.54) is 5.56 Å². The molecule has 3 heteroatoms. The maximum absolute atomic E-state index is 9.39. The van der Waals surface area contributed by atoms with Gasteiger partial charge in [-0.3, -0.25) is 0 Å². The molecule has 13 heavy (non-hydrogen) atoms. The van der Waals surface area contributed by atoms with E-state index in [1.54, 1.807) is 0 Å². The van der Waals surface area contributed by atoms with Gasteiger partial charge in [-0.1, -0.05) is 28.1 Å². The van der Waals surface area contributed by atoms with Crippen LogP contribution in [0.4, 0.5) is 0 Å². The van der Waals surface area contributed by atoms with Gasteiger partial charge in [0.05, 0.1) is 6.10 Å². The molecule has 3 N–H and O–H groups in total. The van der Waals surface area contributed by atoms with Crippen molar-refractivity contribution in [3.63, 3.8) is 0 Å². The maximum Gasteiger partial charge on any atom is 0.0702 e. The minimum Gasteiger partial charge on any atom is -0.391 e. The largest absolute Gasteiger partial charge is 0.391 e. The number of aliphatic hydroxyl groups excluding tert-OH is 1. The van der Waals surface area contributed by atoms with Crippen LogP contribution in [0.1, 0.15) is 11.1 Å². The highest BCUT2D eigenvalue weighted by Gasteiger charge is 2.06. The minimum absolute atomic E-state index is 0.311. The van der Waals surface area contributed by atoms with Crippen molar-refractivity contribution in [3.05, 3.63) is 33.8 Å². The Morgan fingerprint density at radius 1 is 1.54 bits per heavy atom. The Labute approximate surface area is 86.9 Å². The van der Waals surface area contributed by atoms with Crippen LogP contribution < -0.4 is 5.73 Å². The average molecular weight is 244 g/mol.